The number of H-pyrrole nitrogens is 1. The van der Waals surface area contributed by atoms with Gasteiger partial charge < -0.3 is 19.8 Å². The zero-order valence-electron chi connectivity index (χ0n) is 12.6. The van der Waals surface area contributed by atoms with Crippen LogP contribution >= 0.6 is 0 Å². The predicted molar refractivity (Wildman–Crippen MR) is 83.6 cm³/mol. The highest BCUT2D eigenvalue weighted by molar-refractivity contribution is 5.87. The number of nitrogens with one attached hydrogen (secondary N) is 2. The first-order valence-corrected chi connectivity index (χ1v) is 6.89. The van der Waals surface area contributed by atoms with E-state index in [1.165, 1.54) is 7.11 Å². The summed E-state index contributed by atoms with van der Waals surface area (Å²) in [4.78, 5) is 25.5. The normalized spacial score (nSPS) is 9.43. The largest absolute Gasteiger partial charge is 0.464 e. The van der Waals surface area contributed by atoms with Crippen molar-refractivity contribution in [1.29, 1.82) is 0 Å². The van der Waals surface area contributed by atoms with E-state index in [0.29, 0.717) is 11.3 Å². The number of aromatic amines is 1. The maximum atomic E-state index is 11.5. The number of benzene rings is 1. The van der Waals surface area contributed by atoms with Crippen molar-refractivity contribution in [3.63, 3.8) is 0 Å². The molecular formula is C17H16N2O4. The van der Waals surface area contributed by atoms with E-state index in [2.05, 4.69) is 26.9 Å². The lowest BCUT2D eigenvalue weighted by molar-refractivity contribution is 0.0594. The highest BCUT2D eigenvalue weighted by atomic mass is 16.5. The summed E-state index contributed by atoms with van der Waals surface area (Å²) in [6, 6.07) is 11.0. The SMILES string of the molecule is COC(=O)c1cc(C#CCNC(=O)OCc2ccccc2)c[nH]1. The van der Waals surface area contributed by atoms with Crippen molar-refractivity contribution in [2.24, 2.45) is 0 Å². The molecule has 0 bridgehead atoms. The summed E-state index contributed by atoms with van der Waals surface area (Å²) in [6.07, 6.45) is 1.06. The van der Waals surface area contributed by atoms with Gasteiger partial charge in [0, 0.05) is 11.8 Å². The average Bonchev–Trinajstić information content (AvgIpc) is 3.06. The van der Waals surface area contributed by atoms with Crippen molar-refractivity contribution in [2.45, 2.75) is 6.61 Å². The molecule has 0 saturated carbocycles. The van der Waals surface area contributed by atoms with Crippen molar-refractivity contribution in [2.75, 3.05) is 13.7 Å². The first-order valence-electron chi connectivity index (χ1n) is 6.89. The fourth-order valence-corrected chi connectivity index (χ4v) is 1.73. The number of hydrogen-bond acceptors (Lipinski definition) is 4. The molecule has 6 heteroatoms. The van der Waals surface area contributed by atoms with Gasteiger partial charge in [-0.3, -0.25) is 0 Å². The van der Waals surface area contributed by atoms with Gasteiger partial charge in [0.2, 0.25) is 0 Å². The second kappa shape index (κ2) is 8.29. The summed E-state index contributed by atoms with van der Waals surface area (Å²) >= 11 is 0. The van der Waals surface area contributed by atoms with Gasteiger partial charge in [0.05, 0.1) is 13.7 Å². The number of carbonyl (C=O) groups is 2. The Bertz CT molecular complexity index is 726. The summed E-state index contributed by atoms with van der Waals surface area (Å²) in [5.74, 6) is 5.12. The Morgan fingerprint density at radius 3 is 2.78 bits per heavy atom. The number of amides is 1. The van der Waals surface area contributed by atoms with E-state index in [1.807, 2.05) is 30.3 Å². The van der Waals surface area contributed by atoms with Crippen LogP contribution in [0.2, 0.25) is 0 Å². The van der Waals surface area contributed by atoms with Gasteiger partial charge >= 0.3 is 12.1 Å². The van der Waals surface area contributed by atoms with E-state index in [1.54, 1.807) is 12.3 Å². The Hall–Kier alpha value is -3.20. The van der Waals surface area contributed by atoms with E-state index in [0.717, 1.165) is 5.56 Å². The van der Waals surface area contributed by atoms with Gasteiger partial charge in [0.15, 0.2) is 0 Å². The molecule has 0 atom stereocenters. The van der Waals surface area contributed by atoms with Gasteiger partial charge in [-0.05, 0) is 11.6 Å². The van der Waals surface area contributed by atoms with Crippen LogP contribution in [-0.4, -0.2) is 30.7 Å². The molecule has 0 fully saturated rings. The summed E-state index contributed by atoms with van der Waals surface area (Å²) in [7, 11) is 1.31. The third kappa shape index (κ3) is 5.25. The van der Waals surface area contributed by atoms with Crippen molar-refractivity contribution < 1.29 is 19.1 Å². The number of hydrogen-bond donors (Lipinski definition) is 2. The molecular weight excluding hydrogens is 296 g/mol. The third-order valence-corrected chi connectivity index (χ3v) is 2.85. The van der Waals surface area contributed by atoms with Gasteiger partial charge in [-0.2, -0.15) is 0 Å². The smallest absolute Gasteiger partial charge is 0.408 e. The maximum Gasteiger partial charge on any atom is 0.408 e. The van der Waals surface area contributed by atoms with E-state index in [9.17, 15) is 9.59 Å². The summed E-state index contributed by atoms with van der Waals surface area (Å²) < 4.78 is 9.62. The van der Waals surface area contributed by atoms with Crippen LogP contribution in [0.3, 0.4) is 0 Å². The van der Waals surface area contributed by atoms with Crippen LogP contribution in [0.5, 0.6) is 0 Å². The Morgan fingerprint density at radius 1 is 1.26 bits per heavy atom. The number of methoxy groups -OCH3 is 1. The zero-order chi connectivity index (χ0) is 16.5. The fourth-order valence-electron chi connectivity index (χ4n) is 1.73. The molecule has 118 valence electrons. The first-order chi connectivity index (χ1) is 11.2. The minimum atomic E-state index is -0.535. The van der Waals surface area contributed by atoms with Crippen LogP contribution in [0.4, 0.5) is 4.79 Å². The van der Waals surface area contributed by atoms with Crippen LogP contribution in [0, 0.1) is 11.8 Å². The van der Waals surface area contributed by atoms with E-state index in [4.69, 9.17) is 4.74 Å². The number of rotatable bonds is 4. The molecule has 1 aromatic heterocycles. The molecule has 1 amide bonds. The number of alkyl carbamates (subject to hydrolysis) is 1. The number of carbonyl (C=O) groups excluding carboxylic acids is 2. The minimum Gasteiger partial charge on any atom is -0.464 e. The second-order valence-electron chi connectivity index (χ2n) is 4.51. The fraction of sp³-hybridized carbons (Fsp3) is 0.176. The molecule has 2 aromatic rings. The molecule has 6 nitrogen and oxygen atoms in total. The molecule has 0 spiro atoms. The number of aromatic nitrogens is 1. The molecule has 2 N–H and O–H groups in total. The quantitative estimate of drug-likeness (QED) is 0.669. The molecule has 23 heavy (non-hydrogen) atoms. The Balaban J connectivity index is 1.73. The molecule has 1 heterocycles. The lowest BCUT2D eigenvalue weighted by Gasteiger charge is -2.04. The molecule has 0 aliphatic heterocycles. The van der Waals surface area contributed by atoms with Gasteiger partial charge in [-0.1, -0.05) is 42.2 Å². The van der Waals surface area contributed by atoms with Crippen LogP contribution in [0.1, 0.15) is 21.6 Å². The maximum absolute atomic E-state index is 11.5. The lowest BCUT2D eigenvalue weighted by Crippen LogP contribution is -2.24. The number of ether oxygens (including phenoxy) is 2. The van der Waals surface area contributed by atoms with Gasteiger partial charge in [0.1, 0.15) is 12.3 Å². The first kappa shape index (κ1) is 16.2. The molecule has 0 saturated heterocycles. The highest BCUT2D eigenvalue weighted by Crippen LogP contribution is 2.03. The number of esters is 1. The summed E-state index contributed by atoms with van der Waals surface area (Å²) in [5.41, 5.74) is 1.87. The third-order valence-electron chi connectivity index (χ3n) is 2.85. The molecule has 0 unspecified atom stereocenters. The van der Waals surface area contributed by atoms with Crippen molar-refractivity contribution >= 4 is 12.1 Å². The topological polar surface area (TPSA) is 80.4 Å². The van der Waals surface area contributed by atoms with Gasteiger partial charge in [-0.15, -0.1) is 0 Å². The van der Waals surface area contributed by atoms with E-state index >= 15 is 0 Å². The van der Waals surface area contributed by atoms with Crippen LogP contribution in [-0.2, 0) is 16.1 Å². The Morgan fingerprint density at radius 2 is 2.04 bits per heavy atom. The average molecular weight is 312 g/mol. The Labute approximate surface area is 133 Å². The standard InChI is InChI=1S/C17H16N2O4/c1-22-16(20)15-10-14(11-19-15)8-5-9-18-17(21)23-12-13-6-3-2-4-7-13/h2-4,6-7,10-11,19H,9,12H2,1H3,(H,18,21). The van der Waals surface area contributed by atoms with Crippen molar-refractivity contribution in [3.05, 3.63) is 59.4 Å². The molecule has 1 aromatic carbocycles. The van der Waals surface area contributed by atoms with Gasteiger partial charge in [0.25, 0.3) is 0 Å². The van der Waals surface area contributed by atoms with Crippen LogP contribution < -0.4 is 5.32 Å². The Kier molecular flexibility index (Phi) is 5.83. The van der Waals surface area contributed by atoms with E-state index < -0.39 is 12.1 Å². The second-order valence-corrected chi connectivity index (χ2v) is 4.51. The predicted octanol–water partition coefficient (Wildman–Crippen LogP) is 2.08. The minimum absolute atomic E-state index is 0.145. The lowest BCUT2D eigenvalue weighted by atomic mass is 10.2. The van der Waals surface area contributed by atoms with Crippen LogP contribution in [0.15, 0.2) is 42.6 Å². The van der Waals surface area contributed by atoms with Crippen LogP contribution in [0.25, 0.3) is 0 Å². The molecule has 0 aliphatic carbocycles. The van der Waals surface area contributed by atoms with Crippen molar-refractivity contribution in [1.82, 2.24) is 10.3 Å². The van der Waals surface area contributed by atoms with E-state index in [-0.39, 0.29) is 13.2 Å². The zero-order valence-corrected chi connectivity index (χ0v) is 12.6. The van der Waals surface area contributed by atoms with Gasteiger partial charge in [-0.25, -0.2) is 9.59 Å². The monoisotopic (exact) mass is 312 g/mol. The summed E-state index contributed by atoms with van der Waals surface area (Å²) in [5, 5.41) is 2.53. The van der Waals surface area contributed by atoms with Crippen molar-refractivity contribution in [3.8, 4) is 11.8 Å². The molecule has 0 radical (unpaired) electrons. The summed E-state index contributed by atoms with van der Waals surface area (Å²) in [6.45, 7) is 0.354. The molecule has 2 rings (SSSR count). The molecule has 0 aliphatic rings. The highest BCUT2D eigenvalue weighted by Gasteiger charge is 2.06.